The summed E-state index contributed by atoms with van der Waals surface area (Å²) in [5.41, 5.74) is 7.22. The Morgan fingerprint density at radius 3 is 2.38 bits per heavy atom. The molecular weight excluding hydrogens is 453 g/mol. The number of primary amides is 1. The second-order valence-corrected chi connectivity index (χ2v) is 6.91. The Morgan fingerprint density at radius 1 is 1.00 bits per heavy atom. The van der Waals surface area contributed by atoms with Crippen molar-refractivity contribution in [1.82, 2.24) is 10.1 Å². The molecule has 0 fully saturated rings. The van der Waals surface area contributed by atoms with Crippen molar-refractivity contribution in [3.05, 3.63) is 84.2 Å². The van der Waals surface area contributed by atoms with Gasteiger partial charge in [-0.15, -0.1) is 13.2 Å². The summed E-state index contributed by atoms with van der Waals surface area (Å²) in [5, 5.41) is 6.58. The first kappa shape index (κ1) is 22.5. The molecule has 172 valence electrons. The molecule has 4 rings (SSSR count). The first-order valence-corrected chi connectivity index (χ1v) is 9.69. The SMILES string of the molecule is NC(=O)c1ccccc1-c1c(-c2cccnc2)noc1NC(=O)c1ccc(OC(F)(F)F)cc1. The van der Waals surface area contributed by atoms with E-state index in [0.717, 1.165) is 24.3 Å². The average molecular weight is 468 g/mol. The number of amides is 2. The lowest BCUT2D eigenvalue weighted by atomic mass is 9.96. The zero-order chi connectivity index (χ0) is 24.3. The molecule has 11 heteroatoms. The summed E-state index contributed by atoms with van der Waals surface area (Å²) in [5.74, 6) is -1.96. The summed E-state index contributed by atoms with van der Waals surface area (Å²) in [7, 11) is 0. The molecule has 2 amide bonds. The minimum Gasteiger partial charge on any atom is -0.406 e. The maximum atomic E-state index is 12.8. The van der Waals surface area contributed by atoms with Gasteiger partial charge >= 0.3 is 6.36 Å². The predicted octanol–water partition coefficient (Wildman–Crippen LogP) is 4.65. The summed E-state index contributed by atoms with van der Waals surface area (Å²) in [4.78, 5) is 28.9. The van der Waals surface area contributed by atoms with Crippen LogP contribution in [-0.2, 0) is 0 Å². The number of carbonyl (C=O) groups is 2. The van der Waals surface area contributed by atoms with Crippen molar-refractivity contribution in [3.8, 4) is 28.1 Å². The second-order valence-electron chi connectivity index (χ2n) is 6.91. The number of nitrogens with two attached hydrogens (primary N) is 1. The highest BCUT2D eigenvalue weighted by Crippen LogP contribution is 2.39. The number of nitrogens with one attached hydrogen (secondary N) is 1. The quantitative estimate of drug-likeness (QED) is 0.425. The van der Waals surface area contributed by atoms with Crippen molar-refractivity contribution < 1.29 is 32.0 Å². The van der Waals surface area contributed by atoms with Crippen LogP contribution in [0.4, 0.5) is 19.1 Å². The highest BCUT2D eigenvalue weighted by atomic mass is 19.4. The van der Waals surface area contributed by atoms with Gasteiger partial charge in [0.05, 0.1) is 5.56 Å². The van der Waals surface area contributed by atoms with Gasteiger partial charge in [0, 0.05) is 34.6 Å². The zero-order valence-corrected chi connectivity index (χ0v) is 17.2. The van der Waals surface area contributed by atoms with E-state index in [-0.39, 0.29) is 22.6 Å². The number of ether oxygens (including phenoxy) is 1. The fourth-order valence-corrected chi connectivity index (χ4v) is 3.22. The molecule has 0 aliphatic heterocycles. The summed E-state index contributed by atoms with van der Waals surface area (Å²) < 4.78 is 46.3. The summed E-state index contributed by atoms with van der Waals surface area (Å²) >= 11 is 0. The van der Waals surface area contributed by atoms with Crippen molar-refractivity contribution in [2.45, 2.75) is 6.36 Å². The Balaban J connectivity index is 1.73. The van der Waals surface area contributed by atoms with E-state index in [1.54, 1.807) is 36.5 Å². The maximum Gasteiger partial charge on any atom is 0.573 e. The molecule has 8 nitrogen and oxygen atoms in total. The Hall–Kier alpha value is -4.67. The normalized spacial score (nSPS) is 11.1. The van der Waals surface area contributed by atoms with Crippen LogP contribution >= 0.6 is 0 Å². The summed E-state index contributed by atoms with van der Waals surface area (Å²) in [6.07, 6.45) is -1.76. The first-order valence-electron chi connectivity index (χ1n) is 9.69. The lowest BCUT2D eigenvalue weighted by Gasteiger charge is -2.10. The van der Waals surface area contributed by atoms with E-state index in [9.17, 15) is 22.8 Å². The predicted molar refractivity (Wildman–Crippen MR) is 115 cm³/mol. The highest BCUT2D eigenvalue weighted by Gasteiger charge is 2.31. The highest BCUT2D eigenvalue weighted by molar-refractivity contribution is 6.08. The Bertz CT molecular complexity index is 1340. The Morgan fingerprint density at radius 2 is 1.74 bits per heavy atom. The van der Waals surface area contributed by atoms with Crippen molar-refractivity contribution in [3.63, 3.8) is 0 Å². The average Bonchev–Trinajstić information content (AvgIpc) is 3.22. The number of nitrogens with zero attached hydrogens (tertiary/aromatic N) is 2. The number of hydrogen-bond acceptors (Lipinski definition) is 6. The summed E-state index contributed by atoms with van der Waals surface area (Å²) in [6.45, 7) is 0. The van der Waals surface area contributed by atoms with E-state index in [0.29, 0.717) is 16.8 Å². The molecule has 2 aromatic heterocycles. The lowest BCUT2D eigenvalue weighted by molar-refractivity contribution is -0.274. The molecule has 34 heavy (non-hydrogen) atoms. The van der Waals surface area contributed by atoms with E-state index in [1.165, 1.54) is 12.3 Å². The van der Waals surface area contributed by atoms with E-state index >= 15 is 0 Å². The number of hydrogen-bond donors (Lipinski definition) is 2. The smallest absolute Gasteiger partial charge is 0.406 e. The van der Waals surface area contributed by atoms with Gasteiger partial charge in [0.15, 0.2) is 0 Å². The van der Waals surface area contributed by atoms with Gasteiger partial charge in [0.25, 0.3) is 5.91 Å². The molecule has 2 aromatic carbocycles. The van der Waals surface area contributed by atoms with Gasteiger partial charge in [-0.1, -0.05) is 23.4 Å². The fraction of sp³-hybridized carbons (Fsp3) is 0.0435. The molecule has 0 atom stereocenters. The van der Waals surface area contributed by atoms with Gasteiger partial charge in [0.1, 0.15) is 11.4 Å². The molecular formula is C23H15F3N4O4. The van der Waals surface area contributed by atoms with Gasteiger partial charge in [-0.2, -0.15) is 0 Å². The molecule has 3 N–H and O–H groups in total. The number of aromatic nitrogens is 2. The Labute approximate surface area is 190 Å². The van der Waals surface area contributed by atoms with E-state index < -0.39 is 23.9 Å². The van der Waals surface area contributed by atoms with Gasteiger partial charge in [-0.25, -0.2) is 0 Å². The fourth-order valence-electron chi connectivity index (χ4n) is 3.22. The molecule has 0 aliphatic carbocycles. The van der Waals surface area contributed by atoms with Crippen LogP contribution in [0.1, 0.15) is 20.7 Å². The molecule has 0 spiro atoms. The van der Waals surface area contributed by atoms with Crippen LogP contribution in [0.15, 0.2) is 77.6 Å². The van der Waals surface area contributed by atoms with E-state index in [4.69, 9.17) is 10.3 Å². The van der Waals surface area contributed by atoms with Crippen LogP contribution in [0.2, 0.25) is 0 Å². The molecule has 2 heterocycles. The topological polar surface area (TPSA) is 120 Å². The van der Waals surface area contributed by atoms with Crippen molar-refractivity contribution >= 4 is 17.7 Å². The van der Waals surface area contributed by atoms with Crippen molar-refractivity contribution in [2.24, 2.45) is 5.73 Å². The number of pyridine rings is 1. The van der Waals surface area contributed by atoms with Crippen LogP contribution in [0.3, 0.4) is 0 Å². The standard InChI is InChI=1S/C23H15F3N4O4/c24-23(25,26)33-15-9-7-13(8-10-15)21(32)29-22-18(16-5-1-2-6-17(16)20(27)31)19(30-34-22)14-4-3-11-28-12-14/h1-12H,(H2,27,31)(H,29,32). The third-order valence-electron chi connectivity index (χ3n) is 4.67. The van der Waals surface area contributed by atoms with Crippen LogP contribution in [0.5, 0.6) is 5.75 Å². The van der Waals surface area contributed by atoms with Gasteiger partial charge < -0.3 is 15.0 Å². The molecule has 0 saturated heterocycles. The Kier molecular flexibility index (Phi) is 6.00. The van der Waals surface area contributed by atoms with Crippen LogP contribution < -0.4 is 15.8 Å². The second kappa shape index (κ2) is 9.06. The number of halogens is 3. The molecule has 0 saturated carbocycles. The third-order valence-corrected chi connectivity index (χ3v) is 4.67. The number of rotatable bonds is 6. The number of benzene rings is 2. The third kappa shape index (κ3) is 4.88. The monoisotopic (exact) mass is 468 g/mol. The summed E-state index contributed by atoms with van der Waals surface area (Å²) in [6, 6.07) is 14.2. The zero-order valence-electron chi connectivity index (χ0n) is 17.2. The largest absolute Gasteiger partial charge is 0.573 e. The van der Waals surface area contributed by atoms with Crippen LogP contribution in [0.25, 0.3) is 22.4 Å². The number of alkyl halides is 3. The molecule has 0 bridgehead atoms. The van der Waals surface area contributed by atoms with Crippen molar-refractivity contribution in [1.29, 1.82) is 0 Å². The van der Waals surface area contributed by atoms with E-state index in [1.807, 2.05) is 0 Å². The van der Waals surface area contributed by atoms with Crippen LogP contribution in [-0.4, -0.2) is 28.3 Å². The molecule has 4 aromatic rings. The van der Waals surface area contributed by atoms with Gasteiger partial charge in [0.2, 0.25) is 11.8 Å². The van der Waals surface area contributed by atoms with E-state index in [2.05, 4.69) is 20.2 Å². The molecule has 0 unspecified atom stereocenters. The minimum absolute atomic E-state index is 0.0305. The van der Waals surface area contributed by atoms with Crippen LogP contribution in [0, 0.1) is 0 Å². The number of anilines is 1. The minimum atomic E-state index is -4.85. The molecule has 0 aliphatic rings. The van der Waals surface area contributed by atoms with Gasteiger partial charge in [-0.05, 0) is 42.5 Å². The maximum absolute atomic E-state index is 12.8. The molecule has 0 radical (unpaired) electrons. The first-order chi connectivity index (χ1) is 16.2. The van der Waals surface area contributed by atoms with Crippen molar-refractivity contribution in [2.75, 3.05) is 5.32 Å². The lowest BCUT2D eigenvalue weighted by Crippen LogP contribution is -2.17. The van der Waals surface area contributed by atoms with Gasteiger partial charge in [-0.3, -0.25) is 19.9 Å². The number of carbonyl (C=O) groups excluding carboxylic acids is 2.